The molecule has 1 heterocycles. The highest BCUT2D eigenvalue weighted by Gasteiger charge is 2.22. The van der Waals surface area contributed by atoms with E-state index in [0.717, 1.165) is 18.2 Å². The lowest BCUT2D eigenvalue weighted by Crippen LogP contribution is -2.24. The van der Waals surface area contributed by atoms with Crippen LogP contribution in [0, 0.1) is 5.92 Å². The van der Waals surface area contributed by atoms with Gasteiger partial charge in [-0.15, -0.1) is 10.2 Å². The fraction of sp³-hybridized carbons (Fsp3) is 0.833. The number of hydrogen-bond donors (Lipinski definition) is 0. The third-order valence-electron chi connectivity index (χ3n) is 3.29. The third kappa shape index (κ3) is 2.39. The van der Waals surface area contributed by atoms with E-state index in [0.29, 0.717) is 0 Å². The molecule has 1 aromatic heterocycles. The minimum Gasteiger partial charge on any atom is -0.312 e. The molecule has 0 saturated heterocycles. The Balaban J connectivity index is 2.11. The predicted molar refractivity (Wildman–Crippen MR) is 60.7 cm³/mol. The second kappa shape index (κ2) is 3.95. The number of rotatable bonds is 2. The molecule has 1 saturated carbocycles. The van der Waals surface area contributed by atoms with Gasteiger partial charge in [0.15, 0.2) is 0 Å². The van der Waals surface area contributed by atoms with Gasteiger partial charge in [-0.05, 0) is 26.7 Å². The van der Waals surface area contributed by atoms with Gasteiger partial charge in [-0.1, -0.05) is 25.7 Å². The molecule has 2 rings (SSSR count). The van der Waals surface area contributed by atoms with E-state index in [4.69, 9.17) is 0 Å². The van der Waals surface area contributed by atoms with Crippen molar-refractivity contribution in [2.45, 2.75) is 58.4 Å². The van der Waals surface area contributed by atoms with Gasteiger partial charge < -0.3 is 4.57 Å². The molecule has 1 aliphatic rings. The summed E-state index contributed by atoms with van der Waals surface area (Å²) in [6, 6.07) is 0. The Morgan fingerprint density at radius 3 is 2.60 bits per heavy atom. The maximum Gasteiger partial charge on any atom is 0.133 e. The molecule has 3 heteroatoms. The fourth-order valence-corrected chi connectivity index (χ4v) is 2.43. The second-order valence-electron chi connectivity index (χ2n) is 5.64. The Kier molecular flexibility index (Phi) is 2.81. The lowest BCUT2D eigenvalue weighted by Gasteiger charge is -2.23. The number of hydrogen-bond acceptors (Lipinski definition) is 2. The summed E-state index contributed by atoms with van der Waals surface area (Å²) in [4.78, 5) is 0. The lowest BCUT2D eigenvalue weighted by atomic mass is 10.0. The van der Waals surface area contributed by atoms with Crippen LogP contribution in [0.25, 0.3) is 0 Å². The first-order valence-electron chi connectivity index (χ1n) is 5.97. The number of nitrogens with zero attached hydrogens (tertiary/aromatic N) is 3. The van der Waals surface area contributed by atoms with Crippen LogP contribution in [-0.2, 0) is 12.0 Å². The Morgan fingerprint density at radius 2 is 2.00 bits per heavy atom. The maximum atomic E-state index is 4.26. The minimum atomic E-state index is 0.109. The topological polar surface area (TPSA) is 30.7 Å². The monoisotopic (exact) mass is 207 g/mol. The summed E-state index contributed by atoms with van der Waals surface area (Å²) in [7, 11) is 0. The Hall–Kier alpha value is -0.860. The largest absolute Gasteiger partial charge is 0.312 e. The second-order valence-corrected chi connectivity index (χ2v) is 5.64. The van der Waals surface area contributed by atoms with Crippen molar-refractivity contribution in [1.82, 2.24) is 14.8 Å². The molecule has 1 aromatic rings. The smallest absolute Gasteiger partial charge is 0.133 e. The molecule has 84 valence electrons. The van der Waals surface area contributed by atoms with E-state index in [1.165, 1.54) is 25.7 Å². The molecule has 0 spiro atoms. The zero-order valence-corrected chi connectivity index (χ0v) is 10.0. The normalized spacial score (nSPS) is 18.6. The van der Waals surface area contributed by atoms with Crippen molar-refractivity contribution in [2.24, 2.45) is 5.92 Å². The summed E-state index contributed by atoms with van der Waals surface area (Å²) in [5, 5.41) is 8.30. The highest BCUT2D eigenvalue weighted by molar-refractivity contribution is 4.94. The van der Waals surface area contributed by atoms with Crippen LogP contribution in [0.3, 0.4) is 0 Å². The van der Waals surface area contributed by atoms with Crippen LogP contribution in [0.15, 0.2) is 6.33 Å². The average molecular weight is 207 g/mol. The van der Waals surface area contributed by atoms with Crippen LogP contribution in [-0.4, -0.2) is 14.8 Å². The van der Waals surface area contributed by atoms with E-state index in [9.17, 15) is 0 Å². The van der Waals surface area contributed by atoms with Crippen molar-refractivity contribution in [2.75, 3.05) is 0 Å². The van der Waals surface area contributed by atoms with E-state index in [1.54, 1.807) is 0 Å². The Labute approximate surface area is 91.9 Å². The standard InChI is InChI=1S/C12H21N3/c1-12(2,3)15-9-13-14-11(15)8-10-6-4-5-7-10/h9-10H,4-8H2,1-3H3. The summed E-state index contributed by atoms with van der Waals surface area (Å²) >= 11 is 0. The fourth-order valence-electron chi connectivity index (χ4n) is 2.43. The zero-order chi connectivity index (χ0) is 10.9. The van der Waals surface area contributed by atoms with Crippen molar-refractivity contribution in [3.8, 4) is 0 Å². The molecule has 1 fully saturated rings. The lowest BCUT2D eigenvalue weighted by molar-refractivity contribution is 0.370. The highest BCUT2D eigenvalue weighted by atomic mass is 15.3. The first-order valence-corrected chi connectivity index (χ1v) is 5.97. The molecule has 0 atom stereocenters. The van der Waals surface area contributed by atoms with Crippen LogP contribution in [0.1, 0.15) is 52.3 Å². The van der Waals surface area contributed by atoms with E-state index in [2.05, 4.69) is 35.5 Å². The minimum absolute atomic E-state index is 0.109. The molecule has 0 amide bonds. The van der Waals surface area contributed by atoms with Gasteiger partial charge in [0.05, 0.1) is 0 Å². The van der Waals surface area contributed by atoms with Crippen LogP contribution in [0.5, 0.6) is 0 Å². The quantitative estimate of drug-likeness (QED) is 0.746. The van der Waals surface area contributed by atoms with Crippen molar-refractivity contribution in [3.05, 3.63) is 12.2 Å². The van der Waals surface area contributed by atoms with Crippen molar-refractivity contribution >= 4 is 0 Å². The van der Waals surface area contributed by atoms with Crippen LogP contribution in [0.4, 0.5) is 0 Å². The number of aromatic nitrogens is 3. The van der Waals surface area contributed by atoms with Gasteiger partial charge >= 0.3 is 0 Å². The van der Waals surface area contributed by atoms with Crippen molar-refractivity contribution < 1.29 is 0 Å². The first kappa shape index (κ1) is 10.7. The molecule has 3 nitrogen and oxygen atoms in total. The predicted octanol–water partition coefficient (Wildman–Crippen LogP) is 2.77. The SMILES string of the molecule is CC(C)(C)n1cnnc1CC1CCCC1. The van der Waals surface area contributed by atoms with Gasteiger partial charge in [-0.3, -0.25) is 0 Å². The molecule has 0 aromatic carbocycles. The molecule has 0 unspecified atom stereocenters. The summed E-state index contributed by atoms with van der Waals surface area (Å²) in [5.41, 5.74) is 0.109. The maximum absolute atomic E-state index is 4.26. The summed E-state index contributed by atoms with van der Waals surface area (Å²) < 4.78 is 2.21. The average Bonchev–Trinajstić information content (AvgIpc) is 2.73. The van der Waals surface area contributed by atoms with Gasteiger partial charge in [0.25, 0.3) is 0 Å². The van der Waals surface area contributed by atoms with Gasteiger partial charge in [-0.2, -0.15) is 0 Å². The molecular formula is C12H21N3. The molecule has 0 bridgehead atoms. The van der Waals surface area contributed by atoms with Crippen molar-refractivity contribution in [3.63, 3.8) is 0 Å². The molecule has 0 aliphatic heterocycles. The zero-order valence-electron chi connectivity index (χ0n) is 10.0. The van der Waals surface area contributed by atoms with Crippen LogP contribution >= 0.6 is 0 Å². The van der Waals surface area contributed by atoms with E-state index >= 15 is 0 Å². The van der Waals surface area contributed by atoms with Crippen LogP contribution < -0.4 is 0 Å². The third-order valence-corrected chi connectivity index (χ3v) is 3.29. The summed E-state index contributed by atoms with van der Waals surface area (Å²) in [6.07, 6.45) is 8.51. The van der Waals surface area contributed by atoms with Crippen molar-refractivity contribution in [1.29, 1.82) is 0 Å². The highest BCUT2D eigenvalue weighted by Crippen LogP contribution is 2.28. The Morgan fingerprint density at radius 1 is 1.33 bits per heavy atom. The van der Waals surface area contributed by atoms with E-state index in [1.807, 2.05) is 6.33 Å². The van der Waals surface area contributed by atoms with Gasteiger partial charge in [0.1, 0.15) is 12.2 Å². The summed E-state index contributed by atoms with van der Waals surface area (Å²) in [5.74, 6) is 2.00. The molecule has 0 N–H and O–H groups in total. The molecule has 0 radical (unpaired) electrons. The molecular weight excluding hydrogens is 186 g/mol. The van der Waals surface area contributed by atoms with E-state index < -0.39 is 0 Å². The first-order chi connectivity index (χ1) is 7.07. The Bertz CT molecular complexity index is 316. The molecule has 15 heavy (non-hydrogen) atoms. The van der Waals surface area contributed by atoms with E-state index in [-0.39, 0.29) is 5.54 Å². The van der Waals surface area contributed by atoms with Gasteiger partial charge in [0.2, 0.25) is 0 Å². The van der Waals surface area contributed by atoms with Gasteiger partial charge in [0, 0.05) is 12.0 Å². The summed E-state index contributed by atoms with van der Waals surface area (Å²) in [6.45, 7) is 6.61. The van der Waals surface area contributed by atoms with Crippen LogP contribution in [0.2, 0.25) is 0 Å². The molecule has 1 aliphatic carbocycles. The van der Waals surface area contributed by atoms with Gasteiger partial charge in [-0.25, -0.2) is 0 Å².